The summed E-state index contributed by atoms with van der Waals surface area (Å²) in [6, 6.07) is 5.87. The van der Waals surface area contributed by atoms with Crippen molar-refractivity contribution < 1.29 is 0 Å². The Bertz CT molecular complexity index is 372. The Morgan fingerprint density at radius 1 is 1.57 bits per heavy atom. The lowest BCUT2D eigenvalue weighted by Gasteiger charge is -2.11. The molecular weight excluding hydrogens is 198 g/mol. The van der Waals surface area contributed by atoms with Crippen molar-refractivity contribution in [3.8, 4) is 6.07 Å². The zero-order valence-electron chi connectivity index (χ0n) is 7.57. The summed E-state index contributed by atoms with van der Waals surface area (Å²) in [4.78, 5) is 4.24. The number of aromatic nitrogens is 1. The molecule has 14 heavy (non-hydrogen) atoms. The van der Waals surface area contributed by atoms with E-state index in [-0.39, 0.29) is 11.8 Å². The fourth-order valence-corrected chi connectivity index (χ4v) is 1.92. The van der Waals surface area contributed by atoms with Crippen LogP contribution < -0.4 is 5.32 Å². The molecule has 3 nitrogen and oxygen atoms in total. The largest absolute Gasteiger partial charge is 0.315 e. The van der Waals surface area contributed by atoms with Gasteiger partial charge in [0.25, 0.3) is 0 Å². The van der Waals surface area contributed by atoms with Crippen LogP contribution in [0.1, 0.15) is 11.6 Å². The molecule has 4 heteroatoms. The van der Waals surface area contributed by atoms with Gasteiger partial charge in [-0.2, -0.15) is 5.26 Å². The van der Waals surface area contributed by atoms with E-state index in [0.717, 1.165) is 18.8 Å². The van der Waals surface area contributed by atoms with Crippen LogP contribution in [0.4, 0.5) is 0 Å². The summed E-state index contributed by atoms with van der Waals surface area (Å²) < 4.78 is 0. The first-order valence-corrected chi connectivity index (χ1v) is 4.91. The third kappa shape index (κ3) is 1.72. The smallest absolute Gasteiger partial charge is 0.0683 e. The number of nitrogens with zero attached hydrogens (tertiary/aromatic N) is 2. The minimum absolute atomic E-state index is 0.0148. The quantitative estimate of drug-likeness (QED) is 0.761. The van der Waals surface area contributed by atoms with Gasteiger partial charge in [0.2, 0.25) is 0 Å². The maximum atomic E-state index is 8.92. The molecule has 0 bridgehead atoms. The van der Waals surface area contributed by atoms with E-state index in [1.165, 1.54) is 0 Å². The highest BCUT2D eigenvalue weighted by molar-refractivity contribution is 6.30. The second-order valence-electron chi connectivity index (χ2n) is 3.40. The van der Waals surface area contributed by atoms with Crippen molar-refractivity contribution in [2.24, 2.45) is 5.92 Å². The molecule has 2 rings (SSSR count). The van der Waals surface area contributed by atoms with E-state index in [4.69, 9.17) is 16.9 Å². The van der Waals surface area contributed by atoms with Crippen molar-refractivity contribution in [2.45, 2.75) is 5.92 Å². The molecule has 1 aromatic rings. The Morgan fingerprint density at radius 3 is 3.14 bits per heavy atom. The molecule has 72 valence electrons. The van der Waals surface area contributed by atoms with Crippen LogP contribution in [0.3, 0.4) is 0 Å². The van der Waals surface area contributed by atoms with Gasteiger partial charge in [-0.1, -0.05) is 11.6 Å². The summed E-state index contributed by atoms with van der Waals surface area (Å²) in [5.74, 6) is 0.194. The Kier molecular flexibility index (Phi) is 2.67. The molecule has 2 unspecified atom stereocenters. The van der Waals surface area contributed by atoms with Crippen LogP contribution in [-0.2, 0) is 0 Å². The van der Waals surface area contributed by atoms with E-state index in [1.54, 1.807) is 12.3 Å². The molecule has 2 atom stereocenters. The third-order valence-corrected chi connectivity index (χ3v) is 2.74. The molecule has 0 radical (unpaired) electrons. The molecule has 0 aliphatic carbocycles. The first-order valence-electron chi connectivity index (χ1n) is 4.53. The SMILES string of the molecule is N#CC1CNCC1c1cc(Cl)ccn1. The minimum Gasteiger partial charge on any atom is -0.315 e. The molecule has 0 saturated carbocycles. The Labute approximate surface area is 87.7 Å². The van der Waals surface area contributed by atoms with Crippen LogP contribution in [0.15, 0.2) is 18.3 Å². The predicted octanol–water partition coefficient (Wildman–Crippen LogP) is 1.56. The highest BCUT2D eigenvalue weighted by Gasteiger charge is 2.29. The summed E-state index contributed by atoms with van der Waals surface area (Å²) in [6.45, 7) is 1.56. The first kappa shape index (κ1) is 9.45. The molecular formula is C10H10ClN3. The molecule has 2 heterocycles. The van der Waals surface area contributed by atoms with E-state index in [1.807, 2.05) is 6.07 Å². The predicted molar refractivity (Wildman–Crippen MR) is 54.0 cm³/mol. The standard InChI is InChI=1S/C10H10ClN3/c11-8-1-2-14-10(3-8)9-6-13-5-7(9)4-12/h1-3,7,9,13H,5-6H2. The number of halogens is 1. The van der Waals surface area contributed by atoms with Gasteiger partial charge in [-0.15, -0.1) is 0 Å². The summed E-state index contributed by atoms with van der Waals surface area (Å²) >= 11 is 5.87. The molecule has 1 fully saturated rings. The summed E-state index contributed by atoms with van der Waals surface area (Å²) in [5, 5.41) is 12.8. The van der Waals surface area contributed by atoms with Crippen LogP contribution >= 0.6 is 11.6 Å². The number of pyridine rings is 1. The highest BCUT2D eigenvalue weighted by atomic mass is 35.5. The van der Waals surface area contributed by atoms with Crippen molar-refractivity contribution >= 4 is 11.6 Å². The first-order chi connectivity index (χ1) is 6.81. The van der Waals surface area contributed by atoms with E-state index < -0.39 is 0 Å². The number of nitriles is 1. The molecule has 0 aromatic carbocycles. The second kappa shape index (κ2) is 3.95. The molecule has 1 aliphatic heterocycles. The van der Waals surface area contributed by atoms with Crippen molar-refractivity contribution in [2.75, 3.05) is 13.1 Å². The lowest BCUT2D eigenvalue weighted by atomic mass is 9.94. The second-order valence-corrected chi connectivity index (χ2v) is 3.84. The summed E-state index contributed by atoms with van der Waals surface area (Å²) in [7, 11) is 0. The van der Waals surface area contributed by atoms with Gasteiger partial charge in [0.15, 0.2) is 0 Å². The molecule has 1 aromatic heterocycles. The number of hydrogen-bond acceptors (Lipinski definition) is 3. The van der Waals surface area contributed by atoms with Gasteiger partial charge in [-0.3, -0.25) is 4.98 Å². The van der Waals surface area contributed by atoms with Crippen molar-refractivity contribution in [1.29, 1.82) is 5.26 Å². The van der Waals surface area contributed by atoms with Gasteiger partial charge in [0.1, 0.15) is 0 Å². The van der Waals surface area contributed by atoms with Gasteiger partial charge < -0.3 is 5.32 Å². The number of nitrogens with one attached hydrogen (secondary N) is 1. The average molecular weight is 208 g/mol. The normalized spacial score (nSPS) is 26.0. The number of hydrogen-bond donors (Lipinski definition) is 1. The fraction of sp³-hybridized carbons (Fsp3) is 0.400. The van der Waals surface area contributed by atoms with Gasteiger partial charge in [-0.25, -0.2) is 0 Å². The number of rotatable bonds is 1. The molecule has 0 amide bonds. The van der Waals surface area contributed by atoms with E-state index in [0.29, 0.717) is 5.02 Å². The third-order valence-electron chi connectivity index (χ3n) is 2.50. The van der Waals surface area contributed by atoms with Crippen molar-refractivity contribution in [3.05, 3.63) is 29.0 Å². The van der Waals surface area contributed by atoms with Crippen molar-refractivity contribution in [1.82, 2.24) is 10.3 Å². The summed E-state index contributed by atoms with van der Waals surface area (Å²) in [5.41, 5.74) is 0.911. The van der Waals surface area contributed by atoms with Crippen LogP contribution in [0.5, 0.6) is 0 Å². The lowest BCUT2D eigenvalue weighted by molar-refractivity contribution is 0.629. The lowest BCUT2D eigenvalue weighted by Crippen LogP contribution is -2.10. The van der Waals surface area contributed by atoms with E-state index in [9.17, 15) is 0 Å². The monoisotopic (exact) mass is 207 g/mol. The van der Waals surface area contributed by atoms with Gasteiger partial charge in [0, 0.05) is 35.9 Å². The minimum atomic E-state index is 0.0148. The zero-order chi connectivity index (χ0) is 9.97. The maximum Gasteiger partial charge on any atom is 0.0683 e. The average Bonchev–Trinajstić information content (AvgIpc) is 2.65. The highest BCUT2D eigenvalue weighted by Crippen LogP contribution is 2.27. The van der Waals surface area contributed by atoms with Crippen LogP contribution in [0, 0.1) is 17.2 Å². The molecule has 0 spiro atoms. The fourth-order valence-electron chi connectivity index (χ4n) is 1.75. The van der Waals surface area contributed by atoms with E-state index >= 15 is 0 Å². The van der Waals surface area contributed by atoms with Crippen LogP contribution in [0.25, 0.3) is 0 Å². The van der Waals surface area contributed by atoms with Gasteiger partial charge >= 0.3 is 0 Å². The van der Waals surface area contributed by atoms with Crippen molar-refractivity contribution in [3.63, 3.8) is 0 Å². The Balaban J connectivity index is 2.27. The zero-order valence-corrected chi connectivity index (χ0v) is 8.33. The Hall–Kier alpha value is -1.11. The molecule has 1 aliphatic rings. The maximum absolute atomic E-state index is 8.92. The van der Waals surface area contributed by atoms with E-state index in [2.05, 4.69) is 16.4 Å². The van der Waals surface area contributed by atoms with Crippen LogP contribution in [0.2, 0.25) is 5.02 Å². The molecule has 1 N–H and O–H groups in total. The molecule has 1 saturated heterocycles. The van der Waals surface area contributed by atoms with Gasteiger partial charge in [0.05, 0.1) is 12.0 Å². The topological polar surface area (TPSA) is 48.7 Å². The Morgan fingerprint density at radius 2 is 2.43 bits per heavy atom. The summed E-state index contributed by atoms with van der Waals surface area (Å²) in [6.07, 6.45) is 1.68. The van der Waals surface area contributed by atoms with Gasteiger partial charge in [-0.05, 0) is 12.1 Å². The van der Waals surface area contributed by atoms with Crippen LogP contribution in [-0.4, -0.2) is 18.1 Å².